The van der Waals surface area contributed by atoms with Crippen molar-refractivity contribution in [3.05, 3.63) is 64.8 Å². The molecule has 1 aliphatic heterocycles. The number of aromatic nitrogens is 1. The average Bonchev–Trinajstić information content (AvgIpc) is 3.04. The van der Waals surface area contributed by atoms with Gasteiger partial charge >= 0.3 is 0 Å². The molecule has 24 heavy (non-hydrogen) atoms. The number of hydrogen-bond donors (Lipinski definition) is 1. The average molecular weight is 322 g/mol. The lowest BCUT2D eigenvalue weighted by molar-refractivity contribution is 0.0941. The van der Waals surface area contributed by atoms with Gasteiger partial charge in [-0.1, -0.05) is 29.4 Å². The molecule has 0 saturated carbocycles. The Morgan fingerprint density at radius 2 is 2.08 bits per heavy atom. The number of hydrogen-bond acceptors (Lipinski definition) is 4. The van der Waals surface area contributed by atoms with Gasteiger partial charge in [-0.25, -0.2) is 0 Å². The van der Waals surface area contributed by atoms with E-state index in [4.69, 9.17) is 9.26 Å². The van der Waals surface area contributed by atoms with Gasteiger partial charge in [0.05, 0.1) is 18.9 Å². The van der Waals surface area contributed by atoms with Crippen LogP contribution >= 0.6 is 0 Å². The minimum Gasteiger partial charge on any atom is -0.376 e. The fraction of sp³-hybridized carbons (Fsp3) is 0.263. The van der Waals surface area contributed by atoms with Crippen molar-refractivity contribution in [2.45, 2.75) is 19.4 Å². The SMILES string of the molecule is O=C(NCCc1noc2ccccc12)c1cccc2c1CCOC2. The van der Waals surface area contributed by atoms with E-state index in [1.54, 1.807) is 0 Å². The summed E-state index contributed by atoms with van der Waals surface area (Å²) in [5.74, 6) is -0.0402. The van der Waals surface area contributed by atoms with Crippen molar-refractivity contribution in [2.75, 3.05) is 13.2 Å². The Morgan fingerprint density at radius 3 is 3.04 bits per heavy atom. The molecule has 0 atom stereocenters. The van der Waals surface area contributed by atoms with Crippen LogP contribution in [-0.4, -0.2) is 24.2 Å². The predicted molar refractivity (Wildman–Crippen MR) is 89.8 cm³/mol. The molecule has 5 nitrogen and oxygen atoms in total. The molecule has 0 bridgehead atoms. The molecule has 0 radical (unpaired) electrons. The van der Waals surface area contributed by atoms with Gasteiger partial charge in [0.15, 0.2) is 5.58 Å². The van der Waals surface area contributed by atoms with Gasteiger partial charge in [-0.2, -0.15) is 0 Å². The van der Waals surface area contributed by atoms with Gasteiger partial charge in [0.25, 0.3) is 5.91 Å². The normalized spacial score (nSPS) is 13.7. The van der Waals surface area contributed by atoms with Crippen LogP contribution in [0.5, 0.6) is 0 Å². The van der Waals surface area contributed by atoms with Crippen molar-refractivity contribution in [3.8, 4) is 0 Å². The zero-order chi connectivity index (χ0) is 16.4. The number of rotatable bonds is 4. The van der Waals surface area contributed by atoms with Gasteiger partial charge in [-0.3, -0.25) is 4.79 Å². The van der Waals surface area contributed by atoms with E-state index in [-0.39, 0.29) is 5.91 Å². The molecule has 4 rings (SSSR count). The molecule has 0 fully saturated rings. The van der Waals surface area contributed by atoms with Crippen molar-refractivity contribution in [1.29, 1.82) is 0 Å². The summed E-state index contributed by atoms with van der Waals surface area (Å²) in [5, 5.41) is 8.08. The van der Waals surface area contributed by atoms with Crippen LogP contribution in [0.2, 0.25) is 0 Å². The summed E-state index contributed by atoms with van der Waals surface area (Å²) in [6.07, 6.45) is 1.42. The number of ether oxygens (including phenoxy) is 1. The number of nitrogens with one attached hydrogen (secondary N) is 1. The lowest BCUT2D eigenvalue weighted by atomic mass is 9.97. The van der Waals surface area contributed by atoms with Gasteiger partial charge in [-0.15, -0.1) is 0 Å². The van der Waals surface area contributed by atoms with Crippen LogP contribution in [0.4, 0.5) is 0 Å². The van der Waals surface area contributed by atoms with Crippen LogP contribution in [-0.2, 0) is 24.2 Å². The van der Waals surface area contributed by atoms with Crippen LogP contribution in [0, 0.1) is 0 Å². The largest absolute Gasteiger partial charge is 0.376 e. The molecule has 1 N–H and O–H groups in total. The maximum absolute atomic E-state index is 12.5. The second-order valence-corrected chi connectivity index (χ2v) is 5.88. The highest BCUT2D eigenvalue weighted by Crippen LogP contribution is 2.21. The maximum Gasteiger partial charge on any atom is 0.251 e. The number of carbonyl (C=O) groups excluding carboxylic acids is 1. The quantitative estimate of drug-likeness (QED) is 0.802. The first-order chi connectivity index (χ1) is 11.8. The first kappa shape index (κ1) is 14.9. The first-order valence-corrected chi connectivity index (χ1v) is 8.13. The molecule has 0 aliphatic carbocycles. The third kappa shape index (κ3) is 2.78. The number of amides is 1. The Balaban J connectivity index is 1.44. The molecule has 2 heterocycles. The Hall–Kier alpha value is -2.66. The second-order valence-electron chi connectivity index (χ2n) is 5.88. The Labute approximate surface area is 139 Å². The van der Waals surface area contributed by atoms with E-state index < -0.39 is 0 Å². The van der Waals surface area contributed by atoms with Crippen LogP contribution in [0.3, 0.4) is 0 Å². The second kappa shape index (κ2) is 6.45. The zero-order valence-corrected chi connectivity index (χ0v) is 13.2. The summed E-state index contributed by atoms with van der Waals surface area (Å²) in [4.78, 5) is 12.5. The van der Waals surface area contributed by atoms with Gasteiger partial charge < -0.3 is 14.6 Å². The summed E-state index contributed by atoms with van der Waals surface area (Å²) in [5.41, 5.74) is 4.61. The predicted octanol–water partition coefficient (Wildman–Crippen LogP) is 2.87. The molecule has 1 aliphatic rings. The van der Waals surface area contributed by atoms with E-state index in [1.165, 1.54) is 0 Å². The monoisotopic (exact) mass is 322 g/mol. The minimum atomic E-state index is -0.0402. The third-order valence-corrected chi connectivity index (χ3v) is 4.37. The van der Waals surface area contributed by atoms with Crippen LogP contribution in [0.15, 0.2) is 47.0 Å². The van der Waals surface area contributed by atoms with E-state index in [1.807, 2.05) is 42.5 Å². The van der Waals surface area contributed by atoms with Crippen LogP contribution < -0.4 is 5.32 Å². The molecule has 1 amide bonds. The standard InChI is InChI=1S/C19H18N2O3/c22-19(15-6-3-4-13-12-23-11-9-14(13)15)20-10-8-17-16-5-1-2-7-18(16)24-21-17/h1-7H,8-12H2,(H,20,22). The molecule has 0 unspecified atom stereocenters. The maximum atomic E-state index is 12.5. The van der Waals surface area contributed by atoms with Crippen molar-refractivity contribution in [2.24, 2.45) is 0 Å². The zero-order valence-electron chi connectivity index (χ0n) is 13.2. The van der Waals surface area contributed by atoms with Crippen LogP contribution in [0.25, 0.3) is 11.0 Å². The van der Waals surface area contributed by atoms with Crippen molar-refractivity contribution < 1.29 is 14.1 Å². The number of carbonyl (C=O) groups is 1. The highest BCUT2D eigenvalue weighted by atomic mass is 16.5. The van der Waals surface area contributed by atoms with Gasteiger partial charge in [0, 0.05) is 23.9 Å². The fourth-order valence-corrected chi connectivity index (χ4v) is 3.14. The van der Waals surface area contributed by atoms with Crippen molar-refractivity contribution >= 4 is 16.9 Å². The summed E-state index contributed by atoms with van der Waals surface area (Å²) in [7, 11) is 0. The summed E-state index contributed by atoms with van der Waals surface area (Å²) in [6.45, 7) is 1.78. The van der Waals surface area contributed by atoms with Crippen LogP contribution in [0.1, 0.15) is 27.2 Å². The lowest BCUT2D eigenvalue weighted by Crippen LogP contribution is -2.28. The highest BCUT2D eigenvalue weighted by Gasteiger charge is 2.17. The fourth-order valence-electron chi connectivity index (χ4n) is 3.14. The van der Waals surface area contributed by atoms with Crippen molar-refractivity contribution in [1.82, 2.24) is 10.5 Å². The Bertz CT molecular complexity index is 885. The Morgan fingerprint density at radius 1 is 1.17 bits per heavy atom. The minimum absolute atomic E-state index is 0.0402. The van der Waals surface area contributed by atoms with E-state index in [2.05, 4.69) is 10.5 Å². The van der Waals surface area contributed by atoms with Gasteiger partial charge in [-0.05, 0) is 35.7 Å². The van der Waals surface area contributed by atoms with Crippen molar-refractivity contribution in [3.63, 3.8) is 0 Å². The molecular weight excluding hydrogens is 304 g/mol. The lowest BCUT2D eigenvalue weighted by Gasteiger charge is -2.19. The summed E-state index contributed by atoms with van der Waals surface area (Å²) >= 11 is 0. The number of para-hydroxylation sites is 1. The van der Waals surface area contributed by atoms with E-state index in [0.717, 1.165) is 39.8 Å². The molecule has 1 aromatic heterocycles. The third-order valence-electron chi connectivity index (χ3n) is 4.37. The molecular formula is C19H18N2O3. The smallest absolute Gasteiger partial charge is 0.251 e. The molecule has 3 aromatic rings. The molecule has 2 aromatic carbocycles. The molecule has 0 spiro atoms. The Kier molecular flexibility index (Phi) is 4.01. The number of fused-ring (bicyclic) bond motifs is 2. The van der Waals surface area contributed by atoms with Gasteiger partial charge in [0.2, 0.25) is 0 Å². The number of nitrogens with zero attached hydrogens (tertiary/aromatic N) is 1. The molecule has 5 heteroatoms. The van der Waals surface area contributed by atoms with E-state index >= 15 is 0 Å². The summed E-state index contributed by atoms with van der Waals surface area (Å²) in [6, 6.07) is 13.6. The molecule has 0 saturated heterocycles. The molecule has 122 valence electrons. The van der Waals surface area contributed by atoms with E-state index in [0.29, 0.717) is 26.2 Å². The van der Waals surface area contributed by atoms with E-state index in [9.17, 15) is 4.79 Å². The highest BCUT2D eigenvalue weighted by molar-refractivity contribution is 5.96. The number of benzene rings is 2. The first-order valence-electron chi connectivity index (χ1n) is 8.13. The van der Waals surface area contributed by atoms with Gasteiger partial charge in [0.1, 0.15) is 0 Å². The summed E-state index contributed by atoms with van der Waals surface area (Å²) < 4.78 is 10.7. The topological polar surface area (TPSA) is 64.4 Å².